The van der Waals surface area contributed by atoms with Gasteiger partial charge in [-0.1, -0.05) is 153 Å². The molecule has 0 radical (unpaired) electrons. The molecule has 40 heavy (non-hydrogen) atoms. The van der Waals surface area contributed by atoms with Gasteiger partial charge in [0.15, 0.2) is 0 Å². The molecule has 234 valence electrons. The molecular weight excluding hydrogens is 480 g/mol. The van der Waals surface area contributed by atoms with Gasteiger partial charge in [0, 0.05) is 0 Å². The summed E-state index contributed by atoms with van der Waals surface area (Å²) in [4.78, 5) is 0. The first kappa shape index (κ1) is 39.0. The van der Waals surface area contributed by atoms with E-state index < -0.39 is 0 Å². The molecule has 0 nitrogen and oxygen atoms in total. The van der Waals surface area contributed by atoms with Crippen LogP contribution < -0.4 is 0 Å². The zero-order valence-electron chi connectivity index (χ0n) is 28.2. The summed E-state index contributed by atoms with van der Waals surface area (Å²) >= 11 is 0. The van der Waals surface area contributed by atoms with Crippen LogP contribution in [0.25, 0.3) is 0 Å². The monoisotopic (exact) mass is 555 g/mol. The highest BCUT2D eigenvalue weighted by Crippen LogP contribution is 2.23. The Morgan fingerprint density at radius 2 is 0.575 bits per heavy atom. The lowest BCUT2D eigenvalue weighted by molar-refractivity contribution is 0.341. The van der Waals surface area contributed by atoms with Crippen LogP contribution in [-0.2, 0) is 0 Å². The first-order valence-corrected chi connectivity index (χ1v) is 18.3. The average Bonchev–Trinajstić information content (AvgIpc) is 2.95. The van der Waals surface area contributed by atoms with Gasteiger partial charge in [-0.2, -0.15) is 0 Å². The minimum absolute atomic E-state index is 0.807. The van der Waals surface area contributed by atoms with E-state index >= 15 is 0 Å². The van der Waals surface area contributed by atoms with Crippen molar-refractivity contribution in [1.29, 1.82) is 0 Å². The Labute approximate surface area is 254 Å². The van der Waals surface area contributed by atoms with Gasteiger partial charge in [-0.3, -0.25) is 0 Å². The lowest BCUT2D eigenvalue weighted by Crippen LogP contribution is -2.08. The maximum absolute atomic E-state index is 2.47. The summed E-state index contributed by atoms with van der Waals surface area (Å²) in [5.41, 5.74) is 0. The van der Waals surface area contributed by atoms with Crippen LogP contribution in [0.2, 0.25) is 0 Å². The van der Waals surface area contributed by atoms with Crippen LogP contribution in [0.5, 0.6) is 0 Å². The van der Waals surface area contributed by atoms with E-state index in [0.29, 0.717) is 0 Å². The lowest BCUT2D eigenvalue weighted by atomic mass is 9.87. The van der Waals surface area contributed by atoms with Crippen molar-refractivity contribution in [3.63, 3.8) is 0 Å². The molecule has 0 spiro atoms. The van der Waals surface area contributed by atoms with Crippen molar-refractivity contribution in [3.05, 3.63) is 48.6 Å². The minimum atomic E-state index is 0.807. The lowest BCUT2D eigenvalue weighted by Gasteiger charge is -2.19. The van der Waals surface area contributed by atoms with Gasteiger partial charge in [-0.15, -0.1) is 0 Å². The second-order valence-corrected chi connectivity index (χ2v) is 12.7. The molecule has 0 unspecified atom stereocenters. The molecule has 0 aromatic heterocycles. The van der Waals surface area contributed by atoms with Gasteiger partial charge in [0.2, 0.25) is 0 Å². The molecule has 0 aliphatic rings. The van der Waals surface area contributed by atoms with Gasteiger partial charge in [-0.25, -0.2) is 0 Å². The third-order valence-electron chi connectivity index (χ3n) is 8.41. The van der Waals surface area contributed by atoms with Crippen molar-refractivity contribution in [1.82, 2.24) is 0 Å². The van der Waals surface area contributed by atoms with Gasteiger partial charge < -0.3 is 0 Å². The Kier molecular flexibility index (Phi) is 33.3. The van der Waals surface area contributed by atoms with E-state index in [9.17, 15) is 0 Å². The van der Waals surface area contributed by atoms with Crippen molar-refractivity contribution in [2.75, 3.05) is 0 Å². The third-order valence-corrected chi connectivity index (χ3v) is 8.41. The SMILES string of the molecule is CCC/C=C/CCCCCCCCC/C=C/CCC(CC/C=C/CCCCCCCCC/C=C/CCC)C(C)C. The number of hydrogen-bond donors (Lipinski definition) is 0. The Balaban J connectivity index is 3.56. The Hall–Kier alpha value is -1.04. The topological polar surface area (TPSA) is 0 Å². The standard InChI is InChI=1S/C40H74/c1-5-7-9-11-13-15-17-19-21-23-25-27-29-31-33-35-37-40(39(3)4)38-36-34-32-30-28-26-24-22-20-18-16-14-12-10-8-6-2/h9-12,31-34,39-40H,5-8,13-30,35-38H2,1-4H3/b11-9+,12-10+,33-31+,34-32+. The maximum Gasteiger partial charge on any atom is -0.0348 e. The van der Waals surface area contributed by atoms with Crippen molar-refractivity contribution >= 4 is 0 Å². The minimum Gasteiger partial charge on any atom is -0.0885 e. The molecule has 0 aliphatic heterocycles. The highest BCUT2D eigenvalue weighted by atomic mass is 14.2. The van der Waals surface area contributed by atoms with Crippen LogP contribution in [0.1, 0.15) is 195 Å². The third kappa shape index (κ3) is 31.5. The van der Waals surface area contributed by atoms with Crippen LogP contribution in [0, 0.1) is 11.8 Å². The summed E-state index contributed by atoms with van der Waals surface area (Å²) in [6, 6.07) is 0. The molecule has 0 heterocycles. The first-order valence-electron chi connectivity index (χ1n) is 18.3. The predicted octanol–water partition coefficient (Wildman–Crippen LogP) is 14.7. The average molecular weight is 555 g/mol. The van der Waals surface area contributed by atoms with E-state index in [0.717, 1.165) is 11.8 Å². The summed E-state index contributed by atoms with van der Waals surface area (Å²) in [7, 11) is 0. The molecule has 0 aromatic carbocycles. The van der Waals surface area contributed by atoms with Crippen LogP contribution in [0.15, 0.2) is 48.6 Å². The quantitative estimate of drug-likeness (QED) is 0.0590. The van der Waals surface area contributed by atoms with Crippen LogP contribution in [0.4, 0.5) is 0 Å². The van der Waals surface area contributed by atoms with Crippen molar-refractivity contribution in [2.45, 2.75) is 195 Å². The number of unbranched alkanes of at least 4 members (excludes halogenated alkanes) is 18. The number of rotatable bonds is 31. The van der Waals surface area contributed by atoms with E-state index in [1.54, 1.807) is 0 Å². The number of hydrogen-bond acceptors (Lipinski definition) is 0. The molecular formula is C40H74. The van der Waals surface area contributed by atoms with Crippen molar-refractivity contribution in [3.8, 4) is 0 Å². The fourth-order valence-electron chi connectivity index (χ4n) is 5.52. The summed E-state index contributed by atoms with van der Waals surface area (Å²) in [6.07, 6.45) is 54.6. The first-order chi connectivity index (χ1) is 19.7. The summed E-state index contributed by atoms with van der Waals surface area (Å²) in [6.45, 7) is 9.35. The Morgan fingerprint density at radius 1 is 0.325 bits per heavy atom. The molecule has 0 rings (SSSR count). The van der Waals surface area contributed by atoms with E-state index in [4.69, 9.17) is 0 Å². The van der Waals surface area contributed by atoms with Crippen molar-refractivity contribution in [2.24, 2.45) is 11.8 Å². The second kappa shape index (κ2) is 34.2. The molecule has 0 saturated carbocycles. The molecule has 0 bridgehead atoms. The summed E-state index contributed by atoms with van der Waals surface area (Å²) < 4.78 is 0. The molecule has 0 aliphatic carbocycles. The second-order valence-electron chi connectivity index (χ2n) is 12.7. The van der Waals surface area contributed by atoms with Gasteiger partial charge in [-0.05, 0) is 102 Å². The summed E-state index contributed by atoms with van der Waals surface area (Å²) in [5, 5.41) is 0. The maximum atomic E-state index is 2.47. The zero-order valence-corrected chi connectivity index (χ0v) is 28.2. The Morgan fingerprint density at radius 3 is 0.850 bits per heavy atom. The highest BCUT2D eigenvalue weighted by molar-refractivity contribution is 4.86. The number of allylic oxidation sites excluding steroid dienone is 8. The summed E-state index contributed by atoms with van der Waals surface area (Å²) in [5.74, 6) is 1.68. The molecule has 0 N–H and O–H groups in total. The van der Waals surface area contributed by atoms with E-state index in [-0.39, 0.29) is 0 Å². The molecule has 0 atom stereocenters. The van der Waals surface area contributed by atoms with Gasteiger partial charge >= 0.3 is 0 Å². The highest BCUT2D eigenvalue weighted by Gasteiger charge is 2.11. The molecule has 0 fully saturated rings. The van der Waals surface area contributed by atoms with E-state index in [1.807, 2.05) is 0 Å². The van der Waals surface area contributed by atoms with Gasteiger partial charge in [0.25, 0.3) is 0 Å². The predicted molar refractivity (Wildman–Crippen MR) is 186 cm³/mol. The van der Waals surface area contributed by atoms with Gasteiger partial charge in [0.1, 0.15) is 0 Å². The van der Waals surface area contributed by atoms with Crippen LogP contribution in [0.3, 0.4) is 0 Å². The molecule has 0 heteroatoms. The fourth-order valence-corrected chi connectivity index (χ4v) is 5.52. The van der Waals surface area contributed by atoms with Gasteiger partial charge in [0.05, 0.1) is 0 Å². The largest absolute Gasteiger partial charge is 0.0885 e. The Bertz CT molecular complexity index is 527. The van der Waals surface area contributed by atoms with Crippen molar-refractivity contribution < 1.29 is 0 Å². The molecule has 0 aromatic rings. The normalized spacial score (nSPS) is 12.7. The van der Waals surface area contributed by atoms with E-state index in [1.165, 1.54) is 167 Å². The molecule has 0 amide bonds. The van der Waals surface area contributed by atoms with E-state index in [2.05, 4.69) is 76.3 Å². The smallest absolute Gasteiger partial charge is 0.0348 e. The van der Waals surface area contributed by atoms with Crippen LogP contribution in [-0.4, -0.2) is 0 Å². The zero-order chi connectivity index (χ0) is 29.2. The van der Waals surface area contributed by atoms with Crippen LogP contribution >= 0.6 is 0 Å². The fraction of sp³-hybridized carbons (Fsp3) is 0.800. The molecule has 0 saturated heterocycles.